The van der Waals surface area contributed by atoms with Crippen molar-refractivity contribution in [3.63, 3.8) is 0 Å². The Hall–Kier alpha value is -0.840. The van der Waals surface area contributed by atoms with Crippen LogP contribution in [0.15, 0.2) is 0 Å². The van der Waals surface area contributed by atoms with Crippen molar-refractivity contribution in [2.24, 2.45) is 5.73 Å². The van der Waals surface area contributed by atoms with Crippen LogP contribution in [0.2, 0.25) is 0 Å². The van der Waals surface area contributed by atoms with Crippen LogP contribution in [-0.4, -0.2) is 22.6 Å². The highest BCUT2D eigenvalue weighted by atomic mass is 32.1. The number of urea groups is 1. The third-order valence-corrected chi connectivity index (χ3v) is 3.83. The van der Waals surface area contributed by atoms with Gasteiger partial charge in [-0.3, -0.25) is 0 Å². The van der Waals surface area contributed by atoms with Crippen molar-refractivity contribution in [2.45, 2.75) is 56.5 Å². The Kier molecular flexibility index (Phi) is 3.33. The lowest BCUT2D eigenvalue weighted by Crippen LogP contribution is -2.60. The van der Waals surface area contributed by atoms with Gasteiger partial charge in [0.1, 0.15) is 0 Å². The first-order chi connectivity index (χ1) is 7.62. The monoisotopic (exact) mass is 241 g/mol. The molecule has 0 atom stereocenters. The molecule has 0 spiro atoms. The van der Waals surface area contributed by atoms with Gasteiger partial charge in [-0.05, 0) is 25.7 Å². The van der Waals surface area contributed by atoms with Gasteiger partial charge in [-0.2, -0.15) is 0 Å². The number of thiocarbonyl (C=S) groups is 1. The zero-order chi connectivity index (χ0) is 11.6. The van der Waals surface area contributed by atoms with Crippen molar-refractivity contribution < 1.29 is 4.79 Å². The van der Waals surface area contributed by atoms with Crippen molar-refractivity contribution in [2.75, 3.05) is 0 Å². The summed E-state index contributed by atoms with van der Waals surface area (Å²) in [7, 11) is 0. The molecule has 0 heterocycles. The Labute approximate surface area is 101 Å². The summed E-state index contributed by atoms with van der Waals surface area (Å²) >= 11 is 5.11. The predicted molar refractivity (Wildman–Crippen MR) is 67.3 cm³/mol. The van der Waals surface area contributed by atoms with E-state index in [9.17, 15) is 4.79 Å². The smallest absolute Gasteiger partial charge is 0.315 e. The molecule has 0 aromatic rings. The molecule has 4 N–H and O–H groups in total. The van der Waals surface area contributed by atoms with E-state index < -0.39 is 5.54 Å². The average Bonchev–Trinajstić information content (AvgIpc) is 3.02. The standard InChI is InChI=1S/C11H19N3OS/c12-9(16)11(6-2-1-3-7-11)14-10(15)13-8-4-5-8/h8H,1-7H2,(H2,12,16)(H2,13,14,15). The Morgan fingerprint density at radius 2 is 1.88 bits per heavy atom. The third kappa shape index (κ3) is 2.64. The molecule has 0 unspecified atom stereocenters. The Balaban J connectivity index is 1.95. The molecule has 0 aromatic heterocycles. The molecule has 2 fully saturated rings. The van der Waals surface area contributed by atoms with Gasteiger partial charge in [-0.25, -0.2) is 4.79 Å². The molecule has 2 aliphatic rings. The van der Waals surface area contributed by atoms with E-state index in [-0.39, 0.29) is 6.03 Å². The number of rotatable bonds is 3. The van der Waals surface area contributed by atoms with Crippen molar-refractivity contribution in [1.29, 1.82) is 0 Å². The van der Waals surface area contributed by atoms with Crippen LogP contribution < -0.4 is 16.4 Å². The fraction of sp³-hybridized carbons (Fsp3) is 0.818. The minimum atomic E-state index is -0.438. The maximum Gasteiger partial charge on any atom is 0.315 e. The molecule has 2 amide bonds. The van der Waals surface area contributed by atoms with E-state index in [1.54, 1.807) is 0 Å². The molecule has 2 aliphatic carbocycles. The van der Waals surface area contributed by atoms with Gasteiger partial charge in [-0.1, -0.05) is 31.5 Å². The van der Waals surface area contributed by atoms with E-state index in [1.165, 1.54) is 6.42 Å². The van der Waals surface area contributed by atoms with Crippen molar-refractivity contribution in [3.8, 4) is 0 Å². The topological polar surface area (TPSA) is 67.1 Å². The molecular formula is C11H19N3OS. The van der Waals surface area contributed by atoms with Gasteiger partial charge in [-0.15, -0.1) is 0 Å². The van der Waals surface area contributed by atoms with Gasteiger partial charge in [0.2, 0.25) is 0 Å². The zero-order valence-corrected chi connectivity index (χ0v) is 10.2. The lowest BCUT2D eigenvalue weighted by atomic mass is 9.81. The van der Waals surface area contributed by atoms with Gasteiger partial charge >= 0.3 is 6.03 Å². The molecule has 2 rings (SSSR count). The predicted octanol–water partition coefficient (Wildman–Crippen LogP) is 1.44. The lowest BCUT2D eigenvalue weighted by molar-refractivity contribution is 0.224. The number of hydrogen-bond acceptors (Lipinski definition) is 2. The maximum absolute atomic E-state index is 11.7. The highest BCUT2D eigenvalue weighted by molar-refractivity contribution is 7.80. The van der Waals surface area contributed by atoms with Crippen molar-refractivity contribution in [1.82, 2.24) is 10.6 Å². The normalized spacial score (nSPS) is 23.5. The fourth-order valence-corrected chi connectivity index (χ4v) is 2.51. The zero-order valence-electron chi connectivity index (χ0n) is 9.42. The van der Waals surface area contributed by atoms with Gasteiger partial charge < -0.3 is 16.4 Å². The number of amides is 2. The SMILES string of the molecule is NC(=S)C1(NC(=O)NC2CC2)CCCCC1. The minimum Gasteiger partial charge on any atom is -0.391 e. The van der Waals surface area contributed by atoms with Crippen LogP contribution in [0, 0.1) is 0 Å². The molecule has 5 heteroatoms. The van der Waals surface area contributed by atoms with Gasteiger partial charge in [0.15, 0.2) is 0 Å². The first kappa shape index (κ1) is 11.6. The molecule has 0 radical (unpaired) electrons. The highest BCUT2D eigenvalue weighted by Crippen LogP contribution is 2.28. The van der Waals surface area contributed by atoms with Gasteiger partial charge in [0, 0.05) is 6.04 Å². The lowest BCUT2D eigenvalue weighted by Gasteiger charge is -2.37. The van der Waals surface area contributed by atoms with Crippen molar-refractivity contribution in [3.05, 3.63) is 0 Å². The molecule has 0 bridgehead atoms. The van der Waals surface area contributed by atoms with Crippen molar-refractivity contribution >= 4 is 23.2 Å². The number of hydrogen-bond donors (Lipinski definition) is 3. The Morgan fingerprint density at radius 1 is 1.25 bits per heavy atom. The van der Waals surface area contributed by atoms with E-state index in [0.29, 0.717) is 11.0 Å². The molecule has 0 saturated heterocycles. The molecule has 16 heavy (non-hydrogen) atoms. The quantitative estimate of drug-likeness (QED) is 0.655. The second-order valence-corrected chi connectivity index (χ2v) is 5.32. The summed E-state index contributed by atoms with van der Waals surface area (Å²) in [6.45, 7) is 0. The van der Waals surface area contributed by atoms with E-state index >= 15 is 0 Å². The molecule has 0 aromatic carbocycles. The Bertz CT molecular complexity index is 296. The first-order valence-electron chi connectivity index (χ1n) is 6.01. The molecule has 2 saturated carbocycles. The van der Waals surface area contributed by atoms with E-state index in [4.69, 9.17) is 18.0 Å². The second kappa shape index (κ2) is 4.57. The number of nitrogens with two attached hydrogens (primary N) is 1. The van der Waals surface area contributed by atoms with Crippen LogP contribution in [0.1, 0.15) is 44.9 Å². The number of nitrogens with one attached hydrogen (secondary N) is 2. The number of carbonyl (C=O) groups excluding carboxylic acids is 1. The molecule has 4 nitrogen and oxygen atoms in total. The van der Waals surface area contributed by atoms with Crippen LogP contribution >= 0.6 is 12.2 Å². The van der Waals surface area contributed by atoms with Gasteiger partial charge in [0.25, 0.3) is 0 Å². The van der Waals surface area contributed by atoms with E-state index in [0.717, 1.165) is 38.5 Å². The highest BCUT2D eigenvalue weighted by Gasteiger charge is 2.37. The van der Waals surface area contributed by atoms with Crippen LogP contribution in [0.4, 0.5) is 4.79 Å². The van der Waals surface area contributed by atoms with Crippen LogP contribution in [0.3, 0.4) is 0 Å². The molecule has 90 valence electrons. The summed E-state index contributed by atoms with van der Waals surface area (Å²) in [4.78, 5) is 12.2. The van der Waals surface area contributed by atoms with Crippen LogP contribution in [0.5, 0.6) is 0 Å². The number of carbonyl (C=O) groups is 1. The summed E-state index contributed by atoms with van der Waals surface area (Å²) in [6, 6.07) is 0.254. The largest absolute Gasteiger partial charge is 0.391 e. The molecule has 0 aliphatic heterocycles. The average molecular weight is 241 g/mol. The van der Waals surface area contributed by atoms with Crippen LogP contribution in [-0.2, 0) is 0 Å². The summed E-state index contributed by atoms with van der Waals surface area (Å²) in [5.74, 6) is 0. The Morgan fingerprint density at radius 3 is 2.38 bits per heavy atom. The summed E-state index contributed by atoms with van der Waals surface area (Å²) in [5.41, 5.74) is 5.35. The van der Waals surface area contributed by atoms with Gasteiger partial charge in [0.05, 0.1) is 10.5 Å². The van der Waals surface area contributed by atoms with E-state index in [2.05, 4.69) is 10.6 Å². The first-order valence-corrected chi connectivity index (χ1v) is 6.42. The van der Waals surface area contributed by atoms with Crippen LogP contribution in [0.25, 0.3) is 0 Å². The van der Waals surface area contributed by atoms with E-state index in [1.807, 2.05) is 0 Å². The fourth-order valence-electron chi connectivity index (χ4n) is 2.25. The summed E-state index contributed by atoms with van der Waals surface area (Å²) in [5, 5.41) is 5.90. The second-order valence-electron chi connectivity index (χ2n) is 4.88. The summed E-state index contributed by atoms with van der Waals surface area (Å²) < 4.78 is 0. The third-order valence-electron chi connectivity index (χ3n) is 3.44. The molecular weight excluding hydrogens is 222 g/mol. The maximum atomic E-state index is 11.7. The minimum absolute atomic E-state index is 0.114. The summed E-state index contributed by atoms with van der Waals surface area (Å²) in [6.07, 6.45) is 7.31.